The van der Waals surface area contributed by atoms with Crippen molar-refractivity contribution in [3.63, 3.8) is 0 Å². The fraction of sp³-hybridized carbons (Fsp3) is 0.400. The van der Waals surface area contributed by atoms with Gasteiger partial charge in [0.05, 0.1) is 12.7 Å². The van der Waals surface area contributed by atoms with E-state index in [0.717, 1.165) is 10.9 Å². The molecule has 0 radical (unpaired) electrons. The first kappa shape index (κ1) is 15.5. The van der Waals surface area contributed by atoms with Crippen molar-refractivity contribution in [2.45, 2.75) is 12.6 Å². The van der Waals surface area contributed by atoms with Crippen LogP contribution in [-0.4, -0.2) is 48.5 Å². The summed E-state index contributed by atoms with van der Waals surface area (Å²) in [5, 5.41) is 19.9. The fourth-order valence-electron chi connectivity index (χ4n) is 2.31. The van der Waals surface area contributed by atoms with Crippen LogP contribution in [-0.2, 0) is 11.3 Å². The summed E-state index contributed by atoms with van der Waals surface area (Å²) in [5.41, 5.74) is 0.672. The van der Waals surface area contributed by atoms with Gasteiger partial charge in [-0.2, -0.15) is 0 Å². The molecule has 0 saturated carbocycles. The van der Waals surface area contributed by atoms with Crippen LogP contribution in [0.3, 0.4) is 0 Å². The average molecular weight is 293 g/mol. The molecule has 0 aliphatic carbocycles. The maximum atomic E-state index is 11.6. The van der Waals surface area contributed by atoms with E-state index in [-0.39, 0.29) is 12.4 Å². The number of aliphatic hydroxyl groups excluding tert-OH is 1. The van der Waals surface area contributed by atoms with Crippen LogP contribution in [0.5, 0.6) is 5.75 Å². The normalized spacial score (nSPS) is 13.0. The quantitative estimate of drug-likeness (QED) is 0.771. The molecule has 2 aromatic rings. The van der Waals surface area contributed by atoms with Crippen LogP contribution in [0.2, 0.25) is 0 Å². The number of aromatic hydroxyl groups is 1. The fourth-order valence-corrected chi connectivity index (χ4v) is 2.31. The third-order valence-corrected chi connectivity index (χ3v) is 3.14. The molecule has 2 rings (SSSR count). The number of phenolic OH excluding ortho intramolecular Hbond substituents is 1. The number of ether oxygens (including phenoxy) is 1. The minimum atomic E-state index is -0.588. The Morgan fingerprint density at radius 2 is 2.14 bits per heavy atom. The van der Waals surface area contributed by atoms with Gasteiger partial charge >= 0.3 is 5.63 Å². The van der Waals surface area contributed by atoms with E-state index >= 15 is 0 Å². The molecular weight excluding hydrogens is 274 g/mol. The zero-order valence-electron chi connectivity index (χ0n) is 12.1. The number of fused-ring (bicyclic) bond motifs is 1. The van der Waals surface area contributed by atoms with Gasteiger partial charge in [0.1, 0.15) is 11.3 Å². The molecule has 0 spiro atoms. The van der Waals surface area contributed by atoms with Crippen molar-refractivity contribution >= 4 is 11.0 Å². The minimum Gasteiger partial charge on any atom is -0.508 e. The highest BCUT2D eigenvalue weighted by molar-refractivity contribution is 5.81. The first-order valence-electron chi connectivity index (χ1n) is 6.61. The third kappa shape index (κ3) is 4.04. The summed E-state index contributed by atoms with van der Waals surface area (Å²) in [7, 11) is 3.38. The topological polar surface area (TPSA) is 83.1 Å². The van der Waals surface area contributed by atoms with Crippen molar-refractivity contribution in [3.05, 3.63) is 40.2 Å². The average Bonchev–Trinajstić information content (AvgIpc) is 2.37. The van der Waals surface area contributed by atoms with Gasteiger partial charge in [-0.25, -0.2) is 4.79 Å². The molecule has 0 saturated heterocycles. The number of methoxy groups -OCH3 is 1. The second kappa shape index (κ2) is 6.71. The van der Waals surface area contributed by atoms with Crippen molar-refractivity contribution in [3.8, 4) is 5.75 Å². The Hall–Kier alpha value is -1.89. The molecule has 2 N–H and O–H groups in total. The lowest BCUT2D eigenvalue weighted by atomic mass is 10.1. The van der Waals surface area contributed by atoms with Crippen molar-refractivity contribution in [1.82, 2.24) is 4.90 Å². The van der Waals surface area contributed by atoms with Gasteiger partial charge in [0.2, 0.25) is 0 Å². The van der Waals surface area contributed by atoms with Crippen LogP contribution in [0.4, 0.5) is 0 Å². The molecule has 1 aromatic heterocycles. The van der Waals surface area contributed by atoms with Crippen molar-refractivity contribution < 1.29 is 19.4 Å². The molecule has 0 aliphatic heterocycles. The van der Waals surface area contributed by atoms with E-state index in [0.29, 0.717) is 18.7 Å². The zero-order valence-corrected chi connectivity index (χ0v) is 12.1. The summed E-state index contributed by atoms with van der Waals surface area (Å²) in [6.45, 7) is 1.16. The Labute approximate surface area is 122 Å². The predicted molar refractivity (Wildman–Crippen MR) is 78.4 cm³/mol. The summed E-state index contributed by atoms with van der Waals surface area (Å²) in [5.74, 6) is 0.0478. The molecule has 1 heterocycles. The maximum Gasteiger partial charge on any atom is 0.336 e. The van der Waals surface area contributed by atoms with Crippen molar-refractivity contribution in [2.75, 3.05) is 27.3 Å². The van der Waals surface area contributed by atoms with E-state index < -0.39 is 11.7 Å². The van der Waals surface area contributed by atoms with Gasteiger partial charge in [0.15, 0.2) is 0 Å². The van der Waals surface area contributed by atoms with Gasteiger partial charge in [-0.15, -0.1) is 0 Å². The Kier molecular flexibility index (Phi) is 4.95. The second-order valence-corrected chi connectivity index (χ2v) is 5.08. The molecule has 6 heteroatoms. The van der Waals surface area contributed by atoms with E-state index in [2.05, 4.69) is 0 Å². The highest BCUT2D eigenvalue weighted by Gasteiger charge is 2.12. The monoisotopic (exact) mass is 293 g/mol. The number of rotatable bonds is 6. The minimum absolute atomic E-state index is 0.0478. The maximum absolute atomic E-state index is 11.6. The molecule has 0 aliphatic rings. The number of nitrogens with zero attached hydrogens (tertiary/aromatic N) is 1. The summed E-state index contributed by atoms with van der Waals surface area (Å²) in [4.78, 5) is 13.5. The Balaban J connectivity index is 2.23. The number of hydrogen-bond donors (Lipinski definition) is 2. The van der Waals surface area contributed by atoms with Crippen LogP contribution in [0.25, 0.3) is 11.0 Å². The number of hydrogen-bond acceptors (Lipinski definition) is 6. The zero-order chi connectivity index (χ0) is 15.4. The molecule has 21 heavy (non-hydrogen) atoms. The van der Waals surface area contributed by atoms with E-state index in [4.69, 9.17) is 9.15 Å². The van der Waals surface area contributed by atoms with Crippen molar-refractivity contribution in [2.24, 2.45) is 0 Å². The van der Waals surface area contributed by atoms with E-state index in [9.17, 15) is 15.0 Å². The highest BCUT2D eigenvalue weighted by Crippen LogP contribution is 2.22. The van der Waals surface area contributed by atoms with Gasteiger partial charge in [-0.3, -0.25) is 4.90 Å². The van der Waals surface area contributed by atoms with E-state index in [1.54, 1.807) is 12.1 Å². The number of likely N-dealkylation sites (N-methyl/N-ethyl adjacent to an activating group) is 1. The largest absolute Gasteiger partial charge is 0.508 e. The van der Waals surface area contributed by atoms with Gasteiger partial charge in [-0.1, -0.05) is 0 Å². The number of aliphatic hydroxyl groups is 1. The second-order valence-electron chi connectivity index (χ2n) is 5.08. The summed E-state index contributed by atoms with van der Waals surface area (Å²) in [6, 6.07) is 6.10. The first-order valence-corrected chi connectivity index (χ1v) is 6.61. The van der Waals surface area contributed by atoms with Gasteiger partial charge < -0.3 is 19.4 Å². The van der Waals surface area contributed by atoms with Gasteiger partial charge in [0, 0.05) is 37.7 Å². The summed E-state index contributed by atoms with van der Waals surface area (Å²) >= 11 is 0. The van der Waals surface area contributed by atoms with Crippen LogP contribution in [0, 0.1) is 0 Å². The summed E-state index contributed by atoms with van der Waals surface area (Å²) in [6.07, 6.45) is -0.588. The van der Waals surface area contributed by atoms with Crippen LogP contribution in [0.1, 0.15) is 5.56 Å². The highest BCUT2D eigenvalue weighted by atomic mass is 16.5. The van der Waals surface area contributed by atoms with Crippen LogP contribution >= 0.6 is 0 Å². The summed E-state index contributed by atoms with van der Waals surface area (Å²) < 4.78 is 9.97. The predicted octanol–water partition coefficient (Wildman–Crippen LogP) is 0.938. The Morgan fingerprint density at radius 1 is 1.38 bits per heavy atom. The molecule has 1 aromatic carbocycles. The molecule has 0 amide bonds. The van der Waals surface area contributed by atoms with Crippen LogP contribution in [0.15, 0.2) is 33.5 Å². The molecule has 1 atom stereocenters. The van der Waals surface area contributed by atoms with E-state index in [1.165, 1.54) is 19.2 Å². The molecule has 1 unspecified atom stereocenters. The SMILES string of the molecule is COCC(O)CN(C)Cc1cc(=O)oc2cc(O)ccc12. The Morgan fingerprint density at radius 3 is 2.86 bits per heavy atom. The molecule has 6 nitrogen and oxygen atoms in total. The molecule has 0 bridgehead atoms. The molecular formula is C15H19NO5. The van der Waals surface area contributed by atoms with Gasteiger partial charge in [0.25, 0.3) is 0 Å². The van der Waals surface area contributed by atoms with Crippen molar-refractivity contribution in [1.29, 1.82) is 0 Å². The molecule has 0 fully saturated rings. The third-order valence-electron chi connectivity index (χ3n) is 3.14. The lowest BCUT2D eigenvalue weighted by molar-refractivity contribution is 0.0419. The standard InChI is InChI=1S/C15H19NO5/c1-16(8-12(18)9-20-2)7-10-5-15(19)21-14-6-11(17)3-4-13(10)14/h3-6,12,17-18H,7-9H2,1-2H3. The first-order chi connectivity index (χ1) is 9.99. The molecule has 114 valence electrons. The van der Waals surface area contributed by atoms with Gasteiger partial charge in [-0.05, 0) is 24.7 Å². The smallest absolute Gasteiger partial charge is 0.336 e. The van der Waals surface area contributed by atoms with Crippen LogP contribution < -0.4 is 5.63 Å². The number of phenols is 1. The van der Waals surface area contributed by atoms with E-state index in [1.807, 2.05) is 11.9 Å². The Bertz CT molecular complexity index is 667. The lowest BCUT2D eigenvalue weighted by Gasteiger charge is -2.20. The lowest BCUT2D eigenvalue weighted by Crippen LogP contribution is -2.31. The number of benzene rings is 1.